The molecular weight excluding hydrogens is 228 g/mol. The number of nitrogens with two attached hydrogens (primary N) is 1. The van der Waals surface area contributed by atoms with Gasteiger partial charge in [-0.2, -0.15) is 0 Å². The van der Waals surface area contributed by atoms with Crippen LogP contribution in [0.5, 0.6) is 0 Å². The van der Waals surface area contributed by atoms with Gasteiger partial charge in [0.2, 0.25) is 0 Å². The van der Waals surface area contributed by atoms with Gasteiger partial charge in [-0.1, -0.05) is 0 Å². The Bertz CT molecular complexity index is 470. The first-order valence-electron chi connectivity index (χ1n) is 5.63. The second-order valence-corrected chi connectivity index (χ2v) is 4.07. The molecule has 2 heterocycles. The standard InChI is InChI=1S/C12H16N6/c1-18(8-10-2-4-14-5-3-10)9-11-6-16-12(17-13)7-15-11/h2-7H,8-9,13H2,1H3,(H,16,17). The Morgan fingerprint density at radius 2 is 1.94 bits per heavy atom. The molecule has 0 aliphatic heterocycles. The molecule has 0 aromatic carbocycles. The van der Waals surface area contributed by atoms with Crippen molar-refractivity contribution in [3.05, 3.63) is 48.2 Å². The van der Waals surface area contributed by atoms with Crippen LogP contribution < -0.4 is 11.3 Å². The molecule has 0 aliphatic rings. The highest BCUT2D eigenvalue weighted by molar-refractivity contribution is 5.28. The Morgan fingerprint density at radius 3 is 2.56 bits per heavy atom. The number of hydrogen-bond acceptors (Lipinski definition) is 6. The third kappa shape index (κ3) is 3.47. The molecule has 2 aromatic rings. The summed E-state index contributed by atoms with van der Waals surface area (Å²) in [5.74, 6) is 5.80. The molecule has 6 nitrogen and oxygen atoms in total. The average Bonchev–Trinajstić information content (AvgIpc) is 2.40. The molecule has 0 spiro atoms. The summed E-state index contributed by atoms with van der Waals surface area (Å²) in [5, 5.41) is 0. The predicted molar refractivity (Wildman–Crippen MR) is 69.3 cm³/mol. The lowest BCUT2D eigenvalue weighted by molar-refractivity contribution is 0.314. The second-order valence-electron chi connectivity index (χ2n) is 4.07. The molecule has 0 bridgehead atoms. The highest BCUT2D eigenvalue weighted by Crippen LogP contribution is 2.06. The van der Waals surface area contributed by atoms with Gasteiger partial charge in [-0.15, -0.1) is 0 Å². The zero-order valence-corrected chi connectivity index (χ0v) is 10.2. The molecule has 0 saturated heterocycles. The Labute approximate surface area is 106 Å². The minimum Gasteiger partial charge on any atom is -0.307 e. The van der Waals surface area contributed by atoms with Gasteiger partial charge in [0, 0.05) is 25.5 Å². The number of hydrogen-bond donors (Lipinski definition) is 2. The number of anilines is 1. The Kier molecular flexibility index (Phi) is 4.16. The summed E-state index contributed by atoms with van der Waals surface area (Å²) in [6, 6.07) is 4.01. The minimum absolute atomic E-state index is 0.565. The van der Waals surface area contributed by atoms with Gasteiger partial charge in [-0.3, -0.25) is 14.9 Å². The van der Waals surface area contributed by atoms with Gasteiger partial charge in [-0.25, -0.2) is 10.8 Å². The van der Waals surface area contributed by atoms with E-state index in [0.29, 0.717) is 5.82 Å². The van der Waals surface area contributed by atoms with Gasteiger partial charge in [-0.05, 0) is 24.7 Å². The quantitative estimate of drug-likeness (QED) is 0.598. The van der Waals surface area contributed by atoms with Crippen LogP contribution in [-0.2, 0) is 13.1 Å². The first-order valence-corrected chi connectivity index (χ1v) is 5.63. The van der Waals surface area contributed by atoms with Crippen LogP contribution in [0.15, 0.2) is 36.9 Å². The van der Waals surface area contributed by atoms with Crippen LogP contribution in [0.25, 0.3) is 0 Å². The smallest absolute Gasteiger partial charge is 0.158 e. The van der Waals surface area contributed by atoms with Gasteiger partial charge in [0.25, 0.3) is 0 Å². The number of aromatic nitrogens is 3. The van der Waals surface area contributed by atoms with Crippen molar-refractivity contribution in [3.8, 4) is 0 Å². The van der Waals surface area contributed by atoms with Gasteiger partial charge >= 0.3 is 0 Å². The maximum absolute atomic E-state index is 5.23. The lowest BCUT2D eigenvalue weighted by atomic mass is 10.2. The molecule has 2 rings (SSSR count). The van der Waals surface area contributed by atoms with Crippen molar-refractivity contribution < 1.29 is 0 Å². The maximum Gasteiger partial charge on any atom is 0.158 e. The fraction of sp³-hybridized carbons (Fsp3) is 0.250. The van der Waals surface area contributed by atoms with E-state index in [1.165, 1.54) is 5.56 Å². The van der Waals surface area contributed by atoms with Crippen LogP contribution in [0.3, 0.4) is 0 Å². The lowest BCUT2D eigenvalue weighted by Gasteiger charge is -2.15. The van der Waals surface area contributed by atoms with Gasteiger partial charge in [0.15, 0.2) is 5.82 Å². The molecule has 0 unspecified atom stereocenters. The number of nitrogens with zero attached hydrogens (tertiary/aromatic N) is 4. The van der Waals surface area contributed by atoms with E-state index < -0.39 is 0 Å². The topological polar surface area (TPSA) is 80.0 Å². The minimum atomic E-state index is 0.565. The molecule has 0 atom stereocenters. The molecule has 0 aliphatic carbocycles. The average molecular weight is 244 g/mol. The number of pyridine rings is 1. The largest absolute Gasteiger partial charge is 0.307 e. The van der Waals surface area contributed by atoms with E-state index in [1.54, 1.807) is 24.8 Å². The Balaban J connectivity index is 1.92. The molecule has 2 aromatic heterocycles. The van der Waals surface area contributed by atoms with Gasteiger partial charge < -0.3 is 5.43 Å². The van der Waals surface area contributed by atoms with Crippen LogP contribution in [0.4, 0.5) is 5.82 Å². The van der Waals surface area contributed by atoms with Gasteiger partial charge in [0.05, 0.1) is 18.1 Å². The molecule has 0 amide bonds. The normalized spacial score (nSPS) is 10.6. The van der Waals surface area contributed by atoms with E-state index >= 15 is 0 Å². The van der Waals surface area contributed by atoms with Crippen LogP contribution in [-0.4, -0.2) is 26.9 Å². The van der Waals surface area contributed by atoms with E-state index in [9.17, 15) is 0 Å². The molecule has 3 N–H and O–H groups in total. The third-order valence-corrected chi connectivity index (χ3v) is 2.49. The first kappa shape index (κ1) is 12.4. The second kappa shape index (κ2) is 6.04. The number of hydrazine groups is 1. The van der Waals surface area contributed by atoms with Crippen molar-refractivity contribution in [3.63, 3.8) is 0 Å². The molecule has 0 saturated carbocycles. The highest BCUT2D eigenvalue weighted by Gasteiger charge is 2.03. The zero-order valence-electron chi connectivity index (χ0n) is 10.2. The number of rotatable bonds is 5. The summed E-state index contributed by atoms with van der Waals surface area (Å²) in [7, 11) is 2.04. The van der Waals surface area contributed by atoms with E-state index in [1.807, 2.05) is 19.2 Å². The van der Waals surface area contributed by atoms with E-state index in [4.69, 9.17) is 5.84 Å². The Hall–Kier alpha value is -2.05. The van der Waals surface area contributed by atoms with E-state index in [2.05, 4.69) is 25.3 Å². The van der Waals surface area contributed by atoms with Gasteiger partial charge in [0.1, 0.15) is 0 Å². The van der Waals surface area contributed by atoms with Crippen molar-refractivity contribution in [2.75, 3.05) is 12.5 Å². The van der Waals surface area contributed by atoms with Crippen molar-refractivity contribution in [1.29, 1.82) is 0 Å². The van der Waals surface area contributed by atoms with Crippen molar-refractivity contribution in [2.45, 2.75) is 13.1 Å². The summed E-state index contributed by atoms with van der Waals surface area (Å²) in [4.78, 5) is 14.6. The monoisotopic (exact) mass is 244 g/mol. The fourth-order valence-electron chi connectivity index (χ4n) is 1.64. The summed E-state index contributed by atoms with van der Waals surface area (Å²) in [6.45, 7) is 1.58. The van der Waals surface area contributed by atoms with Crippen LogP contribution in [0.1, 0.15) is 11.3 Å². The first-order chi connectivity index (χ1) is 8.78. The van der Waals surface area contributed by atoms with Crippen LogP contribution in [0.2, 0.25) is 0 Å². The van der Waals surface area contributed by atoms with Crippen molar-refractivity contribution in [1.82, 2.24) is 19.9 Å². The number of nitrogens with one attached hydrogen (secondary N) is 1. The Morgan fingerprint density at radius 1 is 1.17 bits per heavy atom. The summed E-state index contributed by atoms with van der Waals surface area (Å²) >= 11 is 0. The van der Waals surface area contributed by atoms with E-state index in [0.717, 1.165) is 18.8 Å². The van der Waals surface area contributed by atoms with Crippen molar-refractivity contribution >= 4 is 5.82 Å². The van der Waals surface area contributed by atoms with E-state index in [-0.39, 0.29) is 0 Å². The summed E-state index contributed by atoms with van der Waals surface area (Å²) in [5.41, 5.74) is 4.58. The molecule has 18 heavy (non-hydrogen) atoms. The molecular formula is C12H16N6. The highest BCUT2D eigenvalue weighted by atomic mass is 15.3. The lowest BCUT2D eigenvalue weighted by Crippen LogP contribution is -2.18. The molecule has 94 valence electrons. The molecule has 0 fully saturated rings. The maximum atomic E-state index is 5.23. The summed E-state index contributed by atoms with van der Waals surface area (Å²) < 4.78 is 0. The van der Waals surface area contributed by atoms with Crippen LogP contribution in [0, 0.1) is 0 Å². The van der Waals surface area contributed by atoms with Crippen LogP contribution >= 0.6 is 0 Å². The fourth-order valence-corrected chi connectivity index (χ4v) is 1.64. The zero-order chi connectivity index (χ0) is 12.8. The molecule has 0 radical (unpaired) electrons. The van der Waals surface area contributed by atoms with Crippen molar-refractivity contribution in [2.24, 2.45) is 5.84 Å². The molecule has 6 heteroatoms. The predicted octanol–water partition coefficient (Wildman–Crippen LogP) is 0.789. The third-order valence-electron chi connectivity index (χ3n) is 2.49. The summed E-state index contributed by atoms with van der Waals surface area (Å²) in [6.07, 6.45) is 6.93. The SMILES string of the molecule is CN(Cc1ccncc1)Cc1cnc(NN)cn1. The number of nitrogen functional groups attached to an aromatic ring is 1.